The van der Waals surface area contributed by atoms with Gasteiger partial charge in [-0.15, -0.1) is 0 Å². The number of carbonyl (C=O) groups excluding carboxylic acids is 2. The first kappa shape index (κ1) is 29.0. The van der Waals surface area contributed by atoms with Crippen molar-refractivity contribution in [1.29, 1.82) is 0 Å². The van der Waals surface area contributed by atoms with Gasteiger partial charge in [-0.05, 0) is 46.9 Å². The third-order valence-corrected chi connectivity index (χ3v) is 6.07. The number of hydrogen-bond acceptors (Lipinski definition) is 4. The zero-order chi connectivity index (χ0) is 26.2. The SMILES string of the molecule is CC(C)c1ccc(C=NNC(=O)CCCCCCCCC(=O)NN=Cc2ccc(C(C)C)cc2)cc1. The average molecular weight is 491 g/mol. The molecule has 2 N–H and O–H groups in total. The van der Waals surface area contributed by atoms with Crippen molar-refractivity contribution in [3.05, 3.63) is 70.8 Å². The fourth-order valence-electron chi connectivity index (χ4n) is 3.68. The van der Waals surface area contributed by atoms with Crippen molar-refractivity contribution in [2.75, 3.05) is 0 Å². The zero-order valence-corrected chi connectivity index (χ0v) is 22.3. The van der Waals surface area contributed by atoms with E-state index in [0.29, 0.717) is 24.7 Å². The molecule has 0 aromatic heterocycles. The molecular weight excluding hydrogens is 448 g/mol. The molecule has 0 radical (unpaired) electrons. The molecule has 6 nitrogen and oxygen atoms in total. The Morgan fingerprint density at radius 1 is 0.611 bits per heavy atom. The highest BCUT2D eigenvalue weighted by molar-refractivity contribution is 5.83. The average Bonchev–Trinajstić information content (AvgIpc) is 2.86. The maximum absolute atomic E-state index is 11.9. The van der Waals surface area contributed by atoms with E-state index in [-0.39, 0.29) is 11.8 Å². The van der Waals surface area contributed by atoms with Crippen LogP contribution in [-0.4, -0.2) is 24.2 Å². The van der Waals surface area contributed by atoms with Gasteiger partial charge in [-0.2, -0.15) is 10.2 Å². The molecular formula is C30H42N4O2. The molecule has 0 aliphatic heterocycles. The number of hydrazone groups is 2. The third-order valence-electron chi connectivity index (χ3n) is 6.07. The molecule has 0 saturated heterocycles. The molecule has 2 rings (SSSR count). The number of carbonyl (C=O) groups is 2. The highest BCUT2D eigenvalue weighted by Crippen LogP contribution is 2.15. The van der Waals surface area contributed by atoms with Gasteiger partial charge in [-0.3, -0.25) is 9.59 Å². The van der Waals surface area contributed by atoms with Crippen LogP contribution in [0.4, 0.5) is 0 Å². The molecule has 194 valence electrons. The normalized spacial score (nSPS) is 11.6. The van der Waals surface area contributed by atoms with Crippen LogP contribution in [0.1, 0.15) is 113 Å². The first-order chi connectivity index (χ1) is 17.3. The lowest BCUT2D eigenvalue weighted by atomic mass is 10.0. The fourth-order valence-corrected chi connectivity index (χ4v) is 3.68. The van der Waals surface area contributed by atoms with Crippen LogP contribution < -0.4 is 10.9 Å². The van der Waals surface area contributed by atoms with E-state index in [2.05, 4.69) is 73.0 Å². The minimum atomic E-state index is -0.0573. The molecule has 0 fully saturated rings. The van der Waals surface area contributed by atoms with Crippen LogP contribution in [0.15, 0.2) is 58.7 Å². The Balaban J connectivity index is 1.46. The highest BCUT2D eigenvalue weighted by atomic mass is 16.2. The topological polar surface area (TPSA) is 82.9 Å². The number of nitrogens with zero attached hydrogens (tertiary/aromatic N) is 2. The fraction of sp³-hybridized carbons (Fsp3) is 0.467. The van der Waals surface area contributed by atoms with Gasteiger partial charge in [0, 0.05) is 12.8 Å². The van der Waals surface area contributed by atoms with Gasteiger partial charge in [-0.1, -0.05) is 102 Å². The van der Waals surface area contributed by atoms with Crippen LogP contribution in [0.2, 0.25) is 0 Å². The Labute approximate surface area is 216 Å². The second-order valence-electron chi connectivity index (χ2n) is 9.85. The maximum atomic E-state index is 11.9. The summed E-state index contributed by atoms with van der Waals surface area (Å²) >= 11 is 0. The van der Waals surface area contributed by atoms with Crippen LogP contribution in [0.25, 0.3) is 0 Å². The van der Waals surface area contributed by atoms with Gasteiger partial charge in [0.2, 0.25) is 11.8 Å². The molecule has 0 aliphatic carbocycles. The quantitative estimate of drug-likeness (QED) is 0.166. The summed E-state index contributed by atoms with van der Waals surface area (Å²) in [5, 5.41) is 8.10. The molecule has 36 heavy (non-hydrogen) atoms. The van der Waals surface area contributed by atoms with Crippen LogP contribution in [-0.2, 0) is 9.59 Å². The molecule has 0 saturated carbocycles. The smallest absolute Gasteiger partial charge is 0.240 e. The second-order valence-corrected chi connectivity index (χ2v) is 9.85. The number of hydrogen-bond donors (Lipinski definition) is 2. The molecule has 0 unspecified atom stereocenters. The van der Waals surface area contributed by atoms with Crippen LogP contribution in [0.5, 0.6) is 0 Å². The van der Waals surface area contributed by atoms with E-state index < -0.39 is 0 Å². The zero-order valence-electron chi connectivity index (χ0n) is 22.3. The molecule has 0 spiro atoms. The van der Waals surface area contributed by atoms with Gasteiger partial charge in [0.15, 0.2) is 0 Å². The first-order valence-electron chi connectivity index (χ1n) is 13.2. The lowest BCUT2D eigenvalue weighted by Gasteiger charge is -2.04. The predicted molar refractivity (Wildman–Crippen MR) is 149 cm³/mol. The highest BCUT2D eigenvalue weighted by Gasteiger charge is 2.02. The van der Waals surface area contributed by atoms with Gasteiger partial charge in [0.05, 0.1) is 12.4 Å². The Morgan fingerprint density at radius 3 is 1.28 bits per heavy atom. The number of benzene rings is 2. The molecule has 6 heteroatoms. The monoisotopic (exact) mass is 490 g/mol. The predicted octanol–water partition coefficient (Wildman–Crippen LogP) is 6.65. The summed E-state index contributed by atoms with van der Waals surface area (Å²) in [5.41, 5.74) is 9.71. The largest absolute Gasteiger partial charge is 0.273 e. The Bertz CT molecular complexity index is 896. The summed E-state index contributed by atoms with van der Waals surface area (Å²) in [6.07, 6.45) is 10.1. The molecule has 2 amide bonds. The van der Waals surface area contributed by atoms with E-state index in [4.69, 9.17) is 0 Å². The first-order valence-corrected chi connectivity index (χ1v) is 13.2. The molecule has 2 aromatic carbocycles. The van der Waals surface area contributed by atoms with Crippen LogP contribution >= 0.6 is 0 Å². The van der Waals surface area contributed by atoms with Gasteiger partial charge in [0.25, 0.3) is 0 Å². The summed E-state index contributed by atoms with van der Waals surface area (Å²) in [6.45, 7) is 8.64. The maximum Gasteiger partial charge on any atom is 0.240 e. The van der Waals surface area contributed by atoms with Gasteiger partial charge in [-0.25, -0.2) is 10.9 Å². The summed E-state index contributed by atoms with van der Waals surface area (Å²) in [4.78, 5) is 23.8. The number of unbranched alkanes of at least 4 members (excludes halogenated alkanes) is 5. The molecule has 0 aliphatic rings. The molecule has 0 bridgehead atoms. The summed E-state index contributed by atoms with van der Waals surface area (Å²) in [6, 6.07) is 16.4. The standard InChI is InChI=1S/C30H42N4O2/c1-23(2)27-17-13-25(14-18-27)21-31-33-29(35)11-9-7-5-6-8-10-12-30(36)34-32-22-26-15-19-28(20-16-26)24(3)4/h13-24H,5-12H2,1-4H3,(H,33,35)(H,34,36). The lowest BCUT2D eigenvalue weighted by molar-refractivity contribution is -0.122. The van der Waals surface area contributed by atoms with Crippen molar-refractivity contribution in [2.24, 2.45) is 10.2 Å². The Morgan fingerprint density at radius 2 is 0.944 bits per heavy atom. The molecule has 0 heterocycles. The summed E-state index contributed by atoms with van der Waals surface area (Å²) in [5.74, 6) is 0.883. The second kappa shape index (κ2) is 16.4. The van der Waals surface area contributed by atoms with Crippen molar-refractivity contribution in [1.82, 2.24) is 10.9 Å². The summed E-state index contributed by atoms with van der Waals surface area (Å²) in [7, 11) is 0. The van der Waals surface area contributed by atoms with E-state index in [1.165, 1.54) is 11.1 Å². The van der Waals surface area contributed by atoms with Crippen molar-refractivity contribution in [3.8, 4) is 0 Å². The molecule has 2 aromatic rings. The van der Waals surface area contributed by atoms with Crippen LogP contribution in [0.3, 0.4) is 0 Å². The van der Waals surface area contributed by atoms with Crippen LogP contribution in [0, 0.1) is 0 Å². The van der Waals surface area contributed by atoms with Crippen molar-refractivity contribution >= 4 is 24.2 Å². The van der Waals surface area contributed by atoms with Gasteiger partial charge in [0.1, 0.15) is 0 Å². The van der Waals surface area contributed by atoms with Crippen molar-refractivity contribution in [3.63, 3.8) is 0 Å². The van der Waals surface area contributed by atoms with E-state index in [0.717, 1.165) is 49.7 Å². The van der Waals surface area contributed by atoms with E-state index >= 15 is 0 Å². The Hall–Kier alpha value is -3.28. The van der Waals surface area contributed by atoms with Gasteiger partial charge >= 0.3 is 0 Å². The number of nitrogens with one attached hydrogen (secondary N) is 2. The number of rotatable bonds is 15. The minimum Gasteiger partial charge on any atom is -0.273 e. The third kappa shape index (κ3) is 11.9. The lowest BCUT2D eigenvalue weighted by Crippen LogP contribution is -2.17. The number of amides is 2. The van der Waals surface area contributed by atoms with E-state index in [1.54, 1.807) is 12.4 Å². The van der Waals surface area contributed by atoms with Crippen molar-refractivity contribution < 1.29 is 9.59 Å². The van der Waals surface area contributed by atoms with E-state index in [9.17, 15) is 9.59 Å². The van der Waals surface area contributed by atoms with E-state index in [1.807, 2.05) is 24.3 Å². The Kier molecular flexibility index (Phi) is 13.2. The van der Waals surface area contributed by atoms with Gasteiger partial charge < -0.3 is 0 Å². The summed E-state index contributed by atoms with van der Waals surface area (Å²) < 4.78 is 0. The van der Waals surface area contributed by atoms with Crippen molar-refractivity contribution in [2.45, 2.75) is 90.9 Å². The minimum absolute atomic E-state index is 0.0573. The molecule has 0 atom stereocenters.